The number of carboxylic acid groups (broad SMARTS) is 1. The Morgan fingerprint density at radius 1 is 1.32 bits per heavy atom. The zero-order valence-corrected chi connectivity index (χ0v) is 16.3. The van der Waals surface area contributed by atoms with Crippen LogP contribution < -0.4 is 4.74 Å². The van der Waals surface area contributed by atoms with Crippen molar-refractivity contribution in [3.63, 3.8) is 0 Å². The van der Waals surface area contributed by atoms with Crippen molar-refractivity contribution in [1.29, 1.82) is 0 Å². The molecule has 0 spiro atoms. The van der Waals surface area contributed by atoms with E-state index in [9.17, 15) is 18.3 Å². The molecule has 1 aliphatic heterocycles. The predicted octanol–water partition coefficient (Wildman–Crippen LogP) is 3.00. The molecule has 1 aliphatic rings. The maximum Gasteiger partial charge on any atom is 0.307 e. The standard InChI is InChI=1S/C18H27NO5S/c1-11(2)15-9-17(12(3)8-16(15)24-5)25(22,23)19-10-14(18(20)21)7-6-13(19)4/h8-9,11,13-14H,6-7,10H2,1-5H3,(H,20,21). The number of piperidine rings is 1. The third kappa shape index (κ3) is 3.82. The molecule has 1 N–H and O–H groups in total. The average molecular weight is 369 g/mol. The first-order chi connectivity index (χ1) is 11.6. The van der Waals surface area contributed by atoms with Crippen LogP contribution in [0.15, 0.2) is 17.0 Å². The molecule has 7 heteroatoms. The second kappa shape index (κ2) is 7.33. The van der Waals surface area contributed by atoms with Crippen LogP contribution in [0.1, 0.15) is 50.7 Å². The lowest BCUT2D eigenvalue weighted by Crippen LogP contribution is -2.47. The number of methoxy groups -OCH3 is 1. The summed E-state index contributed by atoms with van der Waals surface area (Å²) in [6.45, 7) is 7.54. The van der Waals surface area contributed by atoms with Crippen molar-refractivity contribution in [3.05, 3.63) is 23.3 Å². The predicted molar refractivity (Wildman–Crippen MR) is 95.5 cm³/mol. The molecular formula is C18H27NO5S. The topological polar surface area (TPSA) is 83.9 Å². The molecule has 0 bridgehead atoms. The van der Waals surface area contributed by atoms with Crippen molar-refractivity contribution < 1.29 is 23.1 Å². The first-order valence-corrected chi connectivity index (χ1v) is 9.96. The zero-order chi connectivity index (χ0) is 18.9. The van der Waals surface area contributed by atoms with Crippen molar-refractivity contribution >= 4 is 16.0 Å². The fraction of sp³-hybridized carbons (Fsp3) is 0.611. The maximum absolute atomic E-state index is 13.3. The summed E-state index contributed by atoms with van der Waals surface area (Å²) in [4.78, 5) is 11.6. The van der Waals surface area contributed by atoms with Gasteiger partial charge in [-0.15, -0.1) is 0 Å². The number of hydrogen-bond donors (Lipinski definition) is 1. The van der Waals surface area contributed by atoms with Gasteiger partial charge in [-0.2, -0.15) is 4.31 Å². The van der Waals surface area contributed by atoms with E-state index < -0.39 is 21.9 Å². The van der Waals surface area contributed by atoms with Gasteiger partial charge in [-0.25, -0.2) is 8.42 Å². The van der Waals surface area contributed by atoms with E-state index in [0.717, 1.165) is 5.56 Å². The molecule has 140 valence electrons. The van der Waals surface area contributed by atoms with Gasteiger partial charge in [0, 0.05) is 12.6 Å². The van der Waals surface area contributed by atoms with E-state index >= 15 is 0 Å². The normalized spacial score (nSPS) is 22.2. The molecule has 1 saturated heterocycles. The number of aryl methyl sites for hydroxylation is 1. The molecule has 2 atom stereocenters. The third-order valence-electron chi connectivity index (χ3n) is 4.91. The van der Waals surface area contributed by atoms with Crippen LogP contribution in [0, 0.1) is 12.8 Å². The number of sulfonamides is 1. The van der Waals surface area contributed by atoms with Gasteiger partial charge in [0.1, 0.15) is 5.75 Å². The van der Waals surface area contributed by atoms with Gasteiger partial charge in [-0.05, 0) is 55.9 Å². The van der Waals surface area contributed by atoms with Crippen LogP contribution in [0.3, 0.4) is 0 Å². The van der Waals surface area contributed by atoms with Gasteiger partial charge in [0.05, 0.1) is 17.9 Å². The monoisotopic (exact) mass is 369 g/mol. The fourth-order valence-corrected chi connectivity index (χ4v) is 5.27. The van der Waals surface area contributed by atoms with Crippen molar-refractivity contribution in [1.82, 2.24) is 4.31 Å². The molecule has 0 amide bonds. The lowest BCUT2D eigenvalue weighted by Gasteiger charge is -2.35. The molecule has 6 nitrogen and oxygen atoms in total. The summed E-state index contributed by atoms with van der Waals surface area (Å²) < 4.78 is 33.2. The smallest absolute Gasteiger partial charge is 0.307 e. The highest BCUT2D eigenvalue weighted by atomic mass is 32.2. The van der Waals surface area contributed by atoms with Crippen LogP contribution in [0.4, 0.5) is 0 Å². The largest absolute Gasteiger partial charge is 0.496 e. The second-order valence-electron chi connectivity index (χ2n) is 7.05. The number of ether oxygens (including phenoxy) is 1. The Bertz CT molecular complexity index is 757. The van der Waals surface area contributed by atoms with Gasteiger partial charge in [-0.3, -0.25) is 4.79 Å². The van der Waals surface area contributed by atoms with Gasteiger partial charge in [0.25, 0.3) is 0 Å². The van der Waals surface area contributed by atoms with Crippen molar-refractivity contribution in [2.75, 3.05) is 13.7 Å². The van der Waals surface area contributed by atoms with E-state index in [1.807, 2.05) is 20.8 Å². The van der Waals surface area contributed by atoms with Crippen LogP contribution in [-0.2, 0) is 14.8 Å². The van der Waals surface area contributed by atoms with E-state index in [2.05, 4.69) is 0 Å². The van der Waals surface area contributed by atoms with Crippen LogP contribution in [0.5, 0.6) is 5.75 Å². The number of aliphatic carboxylic acids is 1. The Labute approximate surface area is 149 Å². The quantitative estimate of drug-likeness (QED) is 0.862. The van der Waals surface area contributed by atoms with E-state index in [4.69, 9.17) is 4.74 Å². The van der Waals surface area contributed by atoms with Crippen LogP contribution in [0.25, 0.3) is 0 Å². The van der Waals surface area contributed by atoms with Gasteiger partial charge < -0.3 is 9.84 Å². The molecule has 25 heavy (non-hydrogen) atoms. The Morgan fingerprint density at radius 3 is 2.48 bits per heavy atom. The summed E-state index contributed by atoms with van der Waals surface area (Å²) in [5, 5.41) is 9.28. The van der Waals surface area contributed by atoms with Gasteiger partial charge in [0.15, 0.2) is 0 Å². The molecular weight excluding hydrogens is 342 g/mol. The molecule has 0 saturated carbocycles. The molecule has 0 radical (unpaired) electrons. The highest BCUT2D eigenvalue weighted by Crippen LogP contribution is 2.35. The highest BCUT2D eigenvalue weighted by molar-refractivity contribution is 7.89. The van der Waals surface area contributed by atoms with Gasteiger partial charge >= 0.3 is 5.97 Å². The van der Waals surface area contributed by atoms with Crippen LogP contribution >= 0.6 is 0 Å². The van der Waals surface area contributed by atoms with E-state index in [-0.39, 0.29) is 23.4 Å². The maximum atomic E-state index is 13.3. The fourth-order valence-electron chi connectivity index (χ4n) is 3.32. The Kier molecular flexibility index (Phi) is 5.79. The third-order valence-corrected chi connectivity index (χ3v) is 7.03. The summed E-state index contributed by atoms with van der Waals surface area (Å²) in [6, 6.07) is 3.20. The highest BCUT2D eigenvalue weighted by Gasteiger charge is 2.38. The second-order valence-corrected chi connectivity index (χ2v) is 8.91. The first kappa shape index (κ1) is 19.7. The SMILES string of the molecule is COc1cc(C)c(S(=O)(=O)N2CC(C(=O)O)CCC2C)cc1C(C)C. The van der Waals surface area contributed by atoms with E-state index in [1.165, 1.54) is 4.31 Å². The zero-order valence-electron chi connectivity index (χ0n) is 15.4. The molecule has 1 aromatic rings. The lowest BCUT2D eigenvalue weighted by atomic mass is 9.96. The van der Waals surface area contributed by atoms with Crippen LogP contribution in [-0.4, -0.2) is 43.5 Å². The molecule has 2 rings (SSSR count). The van der Waals surface area contributed by atoms with Crippen molar-refractivity contribution in [2.24, 2.45) is 5.92 Å². The van der Waals surface area contributed by atoms with E-state index in [0.29, 0.717) is 24.2 Å². The minimum absolute atomic E-state index is 0.0152. The molecule has 0 aromatic heterocycles. The number of nitrogens with zero attached hydrogens (tertiary/aromatic N) is 1. The molecule has 1 heterocycles. The summed E-state index contributed by atoms with van der Waals surface area (Å²) in [7, 11) is -2.21. The minimum Gasteiger partial charge on any atom is -0.496 e. The Balaban J connectivity index is 2.51. The summed E-state index contributed by atoms with van der Waals surface area (Å²) in [6.07, 6.45) is 1.05. The van der Waals surface area contributed by atoms with Gasteiger partial charge in [0.2, 0.25) is 10.0 Å². The Morgan fingerprint density at radius 2 is 1.96 bits per heavy atom. The summed E-state index contributed by atoms with van der Waals surface area (Å²) in [5.41, 5.74) is 1.43. The van der Waals surface area contributed by atoms with Crippen molar-refractivity contribution in [3.8, 4) is 5.75 Å². The summed E-state index contributed by atoms with van der Waals surface area (Å²) >= 11 is 0. The van der Waals surface area contributed by atoms with E-state index in [1.54, 1.807) is 26.2 Å². The number of benzene rings is 1. The van der Waals surface area contributed by atoms with Crippen molar-refractivity contribution in [2.45, 2.75) is 57.4 Å². The molecule has 2 unspecified atom stereocenters. The number of carbonyl (C=O) groups is 1. The number of carboxylic acids is 1. The number of rotatable bonds is 5. The molecule has 1 fully saturated rings. The molecule has 1 aromatic carbocycles. The minimum atomic E-state index is -3.77. The summed E-state index contributed by atoms with van der Waals surface area (Å²) in [5.74, 6) is -0.827. The first-order valence-electron chi connectivity index (χ1n) is 8.52. The lowest BCUT2D eigenvalue weighted by molar-refractivity contribution is -0.143. The van der Waals surface area contributed by atoms with Crippen LogP contribution in [0.2, 0.25) is 0 Å². The Hall–Kier alpha value is -1.60. The van der Waals surface area contributed by atoms with Gasteiger partial charge in [-0.1, -0.05) is 13.8 Å². The molecule has 0 aliphatic carbocycles. The number of hydrogen-bond acceptors (Lipinski definition) is 4. The average Bonchev–Trinajstić information content (AvgIpc) is 2.53.